The highest BCUT2D eigenvalue weighted by Gasteiger charge is 2.50. The van der Waals surface area contributed by atoms with E-state index in [1.165, 1.54) is 0 Å². The van der Waals surface area contributed by atoms with Crippen LogP contribution in [0.2, 0.25) is 0 Å². The van der Waals surface area contributed by atoms with Crippen LogP contribution in [0.1, 0.15) is 37.5 Å². The summed E-state index contributed by atoms with van der Waals surface area (Å²) >= 11 is 0. The highest BCUT2D eigenvalue weighted by Crippen LogP contribution is 2.36. The largest absolute Gasteiger partial charge is 0.424 e. The van der Waals surface area contributed by atoms with Crippen molar-refractivity contribution in [3.05, 3.63) is 11.8 Å². The highest BCUT2D eigenvalue weighted by atomic mass is 32.3. The standard InChI is InChI=1S/C11H16FN3O4S/c1-11(6-15(7-11)20(12,16)17)10-14-13-9(19-10)8-2-4-18-5-3-8/h8H,2-7H2,1H3. The minimum absolute atomic E-state index is 0.0290. The Morgan fingerprint density at radius 3 is 2.55 bits per heavy atom. The van der Waals surface area contributed by atoms with Crippen LogP contribution in [0.4, 0.5) is 3.89 Å². The maximum Gasteiger partial charge on any atom is 0.374 e. The molecule has 2 saturated heterocycles. The smallest absolute Gasteiger partial charge is 0.374 e. The van der Waals surface area contributed by atoms with Gasteiger partial charge in [-0.15, -0.1) is 10.2 Å². The molecule has 7 nitrogen and oxygen atoms in total. The highest BCUT2D eigenvalue weighted by molar-refractivity contribution is 7.84. The van der Waals surface area contributed by atoms with Crippen LogP contribution < -0.4 is 0 Å². The van der Waals surface area contributed by atoms with Gasteiger partial charge in [0.05, 0.1) is 5.41 Å². The van der Waals surface area contributed by atoms with Gasteiger partial charge in [-0.3, -0.25) is 0 Å². The van der Waals surface area contributed by atoms with E-state index in [2.05, 4.69) is 10.2 Å². The molecular weight excluding hydrogens is 289 g/mol. The molecule has 2 aliphatic rings. The molecule has 0 radical (unpaired) electrons. The number of hydrogen-bond donors (Lipinski definition) is 0. The molecule has 0 aliphatic carbocycles. The SMILES string of the molecule is CC1(c2nnc(C3CCOCC3)o2)CN(S(=O)(=O)F)C1. The van der Waals surface area contributed by atoms with E-state index in [-0.39, 0.29) is 19.0 Å². The second-order valence-electron chi connectivity index (χ2n) is 5.60. The van der Waals surface area contributed by atoms with Gasteiger partial charge in [-0.2, -0.15) is 12.7 Å². The molecule has 0 aromatic carbocycles. The van der Waals surface area contributed by atoms with Gasteiger partial charge in [-0.05, 0) is 19.8 Å². The van der Waals surface area contributed by atoms with Crippen molar-refractivity contribution < 1.29 is 21.5 Å². The first kappa shape index (κ1) is 13.9. The number of nitrogens with zero attached hydrogens (tertiary/aromatic N) is 3. The normalized spacial score (nSPS) is 24.5. The van der Waals surface area contributed by atoms with E-state index in [1.807, 2.05) is 0 Å². The van der Waals surface area contributed by atoms with Gasteiger partial charge >= 0.3 is 10.4 Å². The summed E-state index contributed by atoms with van der Waals surface area (Å²) in [7, 11) is -4.63. The molecule has 0 amide bonds. The molecule has 2 fully saturated rings. The summed E-state index contributed by atoms with van der Waals surface area (Å²) in [6.07, 6.45) is 1.67. The fourth-order valence-electron chi connectivity index (χ4n) is 2.61. The Morgan fingerprint density at radius 1 is 1.30 bits per heavy atom. The van der Waals surface area contributed by atoms with Crippen molar-refractivity contribution in [2.45, 2.75) is 31.1 Å². The van der Waals surface area contributed by atoms with E-state index < -0.39 is 15.8 Å². The number of ether oxygens (including phenoxy) is 1. The molecule has 2 aliphatic heterocycles. The summed E-state index contributed by atoms with van der Waals surface area (Å²) in [5.41, 5.74) is -0.602. The Morgan fingerprint density at radius 2 is 1.95 bits per heavy atom. The van der Waals surface area contributed by atoms with Crippen molar-refractivity contribution in [1.29, 1.82) is 0 Å². The minimum atomic E-state index is -4.63. The summed E-state index contributed by atoms with van der Waals surface area (Å²) in [6.45, 7) is 3.19. The molecule has 0 bridgehead atoms. The third-order valence-electron chi connectivity index (χ3n) is 3.89. The quantitative estimate of drug-likeness (QED) is 0.766. The molecule has 0 atom stereocenters. The third-order valence-corrected chi connectivity index (χ3v) is 4.76. The van der Waals surface area contributed by atoms with E-state index in [0.29, 0.717) is 25.0 Å². The van der Waals surface area contributed by atoms with Gasteiger partial charge in [0, 0.05) is 32.2 Å². The molecule has 0 spiro atoms. The Bertz CT molecular complexity index is 591. The monoisotopic (exact) mass is 305 g/mol. The zero-order valence-corrected chi connectivity index (χ0v) is 11.9. The molecule has 1 aromatic rings. The second kappa shape index (κ2) is 4.74. The molecule has 9 heteroatoms. The van der Waals surface area contributed by atoms with Gasteiger partial charge in [0.15, 0.2) is 0 Å². The van der Waals surface area contributed by atoms with Crippen LogP contribution in [-0.2, 0) is 20.6 Å². The molecule has 3 rings (SSSR count). The van der Waals surface area contributed by atoms with E-state index in [9.17, 15) is 12.3 Å². The number of aromatic nitrogens is 2. The van der Waals surface area contributed by atoms with Crippen LogP contribution in [0.15, 0.2) is 4.42 Å². The molecule has 1 aromatic heterocycles. The summed E-state index contributed by atoms with van der Waals surface area (Å²) in [5, 5.41) is 8.04. The minimum Gasteiger partial charge on any atom is -0.424 e. The maximum atomic E-state index is 12.8. The summed E-state index contributed by atoms with van der Waals surface area (Å²) in [5.74, 6) is 1.12. The van der Waals surface area contributed by atoms with Crippen molar-refractivity contribution >= 4 is 10.4 Å². The Hall–Kier alpha value is -1.06. The van der Waals surface area contributed by atoms with Gasteiger partial charge in [0.25, 0.3) is 0 Å². The Kier molecular flexibility index (Phi) is 3.30. The van der Waals surface area contributed by atoms with Crippen LogP contribution in [0.5, 0.6) is 0 Å². The van der Waals surface area contributed by atoms with Crippen molar-refractivity contribution in [1.82, 2.24) is 14.5 Å². The lowest BCUT2D eigenvalue weighted by Crippen LogP contribution is -2.58. The van der Waals surface area contributed by atoms with Gasteiger partial charge in [-0.1, -0.05) is 3.89 Å². The topological polar surface area (TPSA) is 85.5 Å². The third kappa shape index (κ3) is 2.45. The summed E-state index contributed by atoms with van der Waals surface area (Å²) in [4.78, 5) is 0. The number of hydrogen-bond acceptors (Lipinski definition) is 6. The maximum absolute atomic E-state index is 12.8. The van der Waals surface area contributed by atoms with E-state index >= 15 is 0 Å². The molecular formula is C11H16FN3O4S. The zero-order chi connectivity index (χ0) is 14.4. The average Bonchev–Trinajstić information content (AvgIpc) is 2.85. The molecule has 0 N–H and O–H groups in total. The Balaban J connectivity index is 1.71. The number of halogens is 1. The first-order chi connectivity index (χ1) is 9.38. The van der Waals surface area contributed by atoms with Gasteiger partial charge in [-0.25, -0.2) is 0 Å². The van der Waals surface area contributed by atoms with Crippen molar-refractivity contribution in [3.63, 3.8) is 0 Å². The first-order valence-electron chi connectivity index (χ1n) is 6.50. The molecule has 0 saturated carbocycles. The molecule has 112 valence electrons. The predicted octanol–water partition coefficient (Wildman–Crippen LogP) is 0.751. The summed E-state index contributed by atoms with van der Waals surface area (Å²) < 4.78 is 46.0. The van der Waals surface area contributed by atoms with Crippen molar-refractivity contribution in [2.75, 3.05) is 26.3 Å². The molecule has 20 heavy (non-hydrogen) atoms. The van der Waals surface area contributed by atoms with E-state index in [0.717, 1.165) is 17.1 Å². The lowest BCUT2D eigenvalue weighted by Gasteiger charge is -2.42. The van der Waals surface area contributed by atoms with Crippen LogP contribution in [0, 0.1) is 0 Å². The van der Waals surface area contributed by atoms with Gasteiger partial charge < -0.3 is 9.15 Å². The second-order valence-corrected chi connectivity index (χ2v) is 6.94. The zero-order valence-electron chi connectivity index (χ0n) is 11.1. The predicted molar refractivity (Wildman–Crippen MR) is 66.0 cm³/mol. The van der Waals surface area contributed by atoms with Gasteiger partial charge in [0.1, 0.15) is 0 Å². The van der Waals surface area contributed by atoms with Crippen LogP contribution in [0.25, 0.3) is 0 Å². The lowest BCUT2D eigenvalue weighted by molar-refractivity contribution is 0.0770. The summed E-state index contributed by atoms with van der Waals surface area (Å²) in [6, 6.07) is 0. The van der Waals surface area contributed by atoms with Crippen LogP contribution >= 0.6 is 0 Å². The molecule has 0 unspecified atom stereocenters. The fraction of sp³-hybridized carbons (Fsp3) is 0.818. The number of rotatable bonds is 3. The van der Waals surface area contributed by atoms with Gasteiger partial charge in [0.2, 0.25) is 11.8 Å². The van der Waals surface area contributed by atoms with Crippen LogP contribution in [-0.4, -0.2) is 49.2 Å². The van der Waals surface area contributed by atoms with Crippen molar-refractivity contribution in [3.8, 4) is 0 Å². The van der Waals surface area contributed by atoms with E-state index in [1.54, 1.807) is 6.92 Å². The van der Waals surface area contributed by atoms with Crippen LogP contribution in [0.3, 0.4) is 0 Å². The Labute approximate surface area is 116 Å². The first-order valence-corrected chi connectivity index (χ1v) is 7.84. The lowest BCUT2D eigenvalue weighted by atomic mass is 9.84. The fourth-order valence-corrected chi connectivity index (χ4v) is 3.49. The van der Waals surface area contributed by atoms with Crippen molar-refractivity contribution in [2.24, 2.45) is 0 Å². The average molecular weight is 305 g/mol. The van der Waals surface area contributed by atoms with E-state index in [4.69, 9.17) is 9.15 Å². The molecule has 3 heterocycles.